The largest absolute Gasteiger partial charge is 0.315 e. The van der Waals surface area contributed by atoms with Gasteiger partial charge in [-0.3, -0.25) is 14.3 Å². The van der Waals surface area contributed by atoms with E-state index in [9.17, 15) is 4.79 Å². The second kappa shape index (κ2) is 8.92. The van der Waals surface area contributed by atoms with E-state index in [0.29, 0.717) is 11.0 Å². The van der Waals surface area contributed by atoms with E-state index in [-0.39, 0.29) is 11.7 Å². The number of thioether (sulfide) groups is 1. The third-order valence-corrected chi connectivity index (χ3v) is 5.60. The molecule has 0 fully saturated rings. The number of benzene rings is 2. The van der Waals surface area contributed by atoms with Gasteiger partial charge in [0.15, 0.2) is 11.0 Å². The highest BCUT2D eigenvalue weighted by Crippen LogP contribution is 2.28. The summed E-state index contributed by atoms with van der Waals surface area (Å²) >= 11 is 1.37. The minimum Gasteiger partial charge on any atom is -0.315 e. The number of hydrogen-bond donors (Lipinski definition) is 0. The Hall–Kier alpha value is -3.45. The van der Waals surface area contributed by atoms with Crippen LogP contribution in [0.1, 0.15) is 5.56 Å². The fourth-order valence-corrected chi connectivity index (χ4v) is 3.86. The number of anilines is 1. The molecule has 0 aliphatic rings. The van der Waals surface area contributed by atoms with Gasteiger partial charge in [-0.05, 0) is 43.3 Å². The number of carbonyl (C=O) groups excluding carboxylic acids is 1. The van der Waals surface area contributed by atoms with Crippen molar-refractivity contribution in [2.45, 2.75) is 12.1 Å². The number of nitrogens with zero attached hydrogens (tertiary/aromatic N) is 5. The van der Waals surface area contributed by atoms with E-state index in [0.717, 1.165) is 22.5 Å². The molecule has 6 nitrogen and oxygen atoms in total. The van der Waals surface area contributed by atoms with Crippen LogP contribution in [0.2, 0.25) is 0 Å². The van der Waals surface area contributed by atoms with Crippen LogP contribution in [0.15, 0.2) is 84.3 Å². The Morgan fingerprint density at radius 2 is 1.77 bits per heavy atom. The number of aryl methyl sites for hydroxylation is 1. The molecule has 30 heavy (non-hydrogen) atoms. The van der Waals surface area contributed by atoms with Crippen LogP contribution in [0, 0.1) is 6.92 Å². The zero-order chi connectivity index (χ0) is 20.9. The molecule has 7 heteroatoms. The second-order valence-electron chi connectivity index (χ2n) is 6.80. The van der Waals surface area contributed by atoms with E-state index in [2.05, 4.69) is 15.2 Å². The van der Waals surface area contributed by atoms with Crippen molar-refractivity contribution in [3.05, 3.63) is 84.7 Å². The predicted molar refractivity (Wildman–Crippen MR) is 120 cm³/mol. The van der Waals surface area contributed by atoms with Crippen LogP contribution < -0.4 is 4.90 Å². The molecule has 0 spiro atoms. The monoisotopic (exact) mass is 415 g/mol. The lowest BCUT2D eigenvalue weighted by atomic mass is 10.2. The van der Waals surface area contributed by atoms with Crippen LogP contribution in [0.4, 0.5) is 5.69 Å². The number of pyridine rings is 1. The number of para-hydroxylation sites is 1. The molecule has 0 saturated heterocycles. The van der Waals surface area contributed by atoms with Crippen molar-refractivity contribution >= 4 is 23.4 Å². The van der Waals surface area contributed by atoms with Gasteiger partial charge >= 0.3 is 0 Å². The standard InChI is InChI=1S/C23H21N5OS/c1-17-10-12-19(13-11-17)27(2)21(29)16-30-23-26-25-22(18-7-6-14-24-15-18)28(23)20-8-4-3-5-9-20/h3-15H,16H2,1-2H3. The second-order valence-corrected chi connectivity index (χ2v) is 7.74. The minimum atomic E-state index is -0.00519. The lowest BCUT2D eigenvalue weighted by molar-refractivity contribution is -0.115. The van der Waals surface area contributed by atoms with Crippen molar-refractivity contribution in [3.8, 4) is 17.1 Å². The summed E-state index contributed by atoms with van der Waals surface area (Å²) in [5, 5.41) is 9.40. The van der Waals surface area contributed by atoms with Gasteiger partial charge in [-0.25, -0.2) is 0 Å². The van der Waals surface area contributed by atoms with E-state index in [1.807, 2.05) is 78.2 Å². The van der Waals surface area contributed by atoms with Gasteiger partial charge in [-0.2, -0.15) is 0 Å². The zero-order valence-electron chi connectivity index (χ0n) is 16.8. The smallest absolute Gasteiger partial charge is 0.237 e. The Labute approximate surface area is 179 Å². The SMILES string of the molecule is Cc1ccc(N(C)C(=O)CSc2nnc(-c3cccnc3)n2-c2ccccc2)cc1. The maximum atomic E-state index is 12.8. The number of aromatic nitrogens is 4. The molecule has 4 aromatic rings. The first-order chi connectivity index (χ1) is 14.6. The predicted octanol–water partition coefficient (Wildman–Crippen LogP) is 4.39. The summed E-state index contributed by atoms with van der Waals surface area (Å²) in [4.78, 5) is 18.6. The molecule has 0 aliphatic heterocycles. The first-order valence-corrected chi connectivity index (χ1v) is 10.5. The topological polar surface area (TPSA) is 63.9 Å². The lowest BCUT2D eigenvalue weighted by Gasteiger charge is -2.17. The highest BCUT2D eigenvalue weighted by molar-refractivity contribution is 7.99. The van der Waals surface area contributed by atoms with E-state index < -0.39 is 0 Å². The summed E-state index contributed by atoms with van der Waals surface area (Å²) in [5.41, 5.74) is 3.83. The zero-order valence-corrected chi connectivity index (χ0v) is 17.6. The van der Waals surface area contributed by atoms with E-state index in [1.165, 1.54) is 11.8 Å². The van der Waals surface area contributed by atoms with E-state index >= 15 is 0 Å². The third-order valence-electron chi connectivity index (χ3n) is 4.69. The fourth-order valence-electron chi connectivity index (χ4n) is 2.99. The van der Waals surface area contributed by atoms with E-state index in [1.54, 1.807) is 24.3 Å². The van der Waals surface area contributed by atoms with Crippen LogP contribution in [-0.4, -0.2) is 38.5 Å². The van der Waals surface area contributed by atoms with Crippen LogP contribution in [0.5, 0.6) is 0 Å². The van der Waals surface area contributed by atoms with Gasteiger partial charge < -0.3 is 4.90 Å². The average molecular weight is 416 g/mol. The number of rotatable bonds is 6. The summed E-state index contributed by atoms with van der Waals surface area (Å²) in [7, 11) is 1.79. The van der Waals surface area contributed by atoms with Gasteiger partial charge in [0.1, 0.15) is 0 Å². The molecule has 2 heterocycles. The van der Waals surface area contributed by atoms with Gasteiger partial charge in [0, 0.05) is 36.4 Å². The molecule has 150 valence electrons. The number of hydrogen-bond acceptors (Lipinski definition) is 5. The summed E-state index contributed by atoms with van der Waals surface area (Å²) in [6, 6.07) is 21.6. The van der Waals surface area contributed by atoms with Crippen molar-refractivity contribution in [3.63, 3.8) is 0 Å². The number of amides is 1. The first-order valence-electron chi connectivity index (χ1n) is 9.51. The highest BCUT2D eigenvalue weighted by Gasteiger charge is 2.19. The molecule has 2 aromatic heterocycles. The van der Waals surface area contributed by atoms with Crippen molar-refractivity contribution in [1.82, 2.24) is 19.7 Å². The molecule has 1 amide bonds. The molecule has 0 N–H and O–H groups in total. The summed E-state index contributed by atoms with van der Waals surface area (Å²) < 4.78 is 1.96. The molecule has 0 atom stereocenters. The Bertz CT molecular complexity index is 1130. The molecular weight excluding hydrogens is 394 g/mol. The maximum Gasteiger partial charge on any atom is 0.237 e. The quantitative estimate of drug-likeness (QED) is 0.437. The molecule has 4 rings (SSSR count). The normalized spacial score (nSPS) is 10.7. The Balaban J connectivity index is 1.59. The lowest BCUT2D eigenvalue weighted by Crippen LogP contribution is -2.28. The van der Waals surface area contributed by atoms with Crippen molar-refractivity contribution in [1.29, 1.82) is 0 Å². The summed E-state index contributed by atoms with van der Waals surface area (Å²) in [6.07, 6.45) is 3.48. The molecule has 0 aliphatic carbocycles. The van der Waals surface area contributed by atoms with Crippen LogP contribution in [0.3, 0.4) is 0 Å². The molecule has 0 bridgehead atoms. The van der Waals surface area contributed by atoms with Crippen LogP contribution >= 0.6 is 11.8 Å². The Morgan fingerprint density at radius 1 is 1.00 bits per heavy atom. The Kier molecular flexibility index (Phi) is 5.90. The molecule has 0 radical (unpaired) electrons. The van der Waals surface area contributed by atoms with E-state index in [4.69, 9.17) is 0 Å². The van der Waals surface area contributed by atoms with Crippen molar-refractivity contribution in [2.24, 2.45) is 0 Å². The highest BCUT2D eigenvalue weighted by atomic mass is 32.2. The van der Waals surface area contributed by atoms with Gasteiger partial charge in [-0.1, -0.05) is 47.7 Å². The number of carbonyl (C=O) groups is 1. The van der Waals surface area contributed by atoms with Crippen molar-refractivity contribution < 1.29 is 4.79 Å². The molecular formula is C23H21N5OS. The van der Waals surface area contributed by atoms with Crippen molar-refractivity contribution in [2.75, 3.05) is 17.7 Å². The Morgan fingerprint density at radius 3 is 2.47 bits per heavy atom. The van der Waals surface area contributed by atoms with Gasteiger partial charge in [-0.15, -0.1) is 10.2 Å². The minimum absolute atomic E-state index is 0.00519. The van der Waals surface area contributed by atoms with Crippen LogP contribution in [-0.2, 0) is 4.79 Å². The molecule has 0 saturated carbocycles. The molecule has 0 unspecified atom stereocenters. The van der Waals surface area contributed by atoms with Crippen LogP contribution in [0.25, 0.3) is 17.1 Å². The fraction of sp³-hybridized carbons (Fsp3) is 0.130. The first kappa shape index (κ1) is 19.8. The van der Waals surface area contributed by atoms with Gasteiger partial charge in [0.05, 0.1) is 5.75 Å². The summed E-state index contributed by atoms with van der Waals surface area (Å²) in [6.45, 7) is 2.03. The maximum absolute atomic E-state index is 12.8. The van der Waals surface area contributed by atoms with Gasteiger partial charge in [0.25, 0.3) is 0 Å². The summed E-state index contributed by atoms with van der Waals surface area (Å²) in [5.74, 6) is 0.938. The average Bonchev–Trinajstić information content (AvgIpc) is 3.22. The van der Waals surface area contributed by atoms with Gasteiger partial charge in [0.2, 0.25) is 5.91 Å². The third kappa shape index (κ3) is 4.26. The molecule has 2 aromatic carbocycles.